The molecule has 174 valence electrons. The lowest BCUT2D eigenvalue weighted by atomic mass is 10.1. The number of cyclic esters (lactones) is 1. The Morgan fingerprint density at radius 2 is 1.83 bits per heavy atom. The molecular formula is C28H19ClINO4. The van der Waals surface area contributed by atoms with Crippen molar-refractivity contribution >= 4 is 62.9 Å². The second-order valence-electron chi connectivity index (χ2n) is 7.85. The first kappa shape index (κ1) is 23.4. The fourth-order valence-electron chi connectivity index (χ4n) is 3.76. The fraction of sp³-hybridized carbons (Fsp3) is 0.0714. The van der Waals surface area contributed by atoms with Gasteiger partial charge in [0.2, 0.25) is 5.90 Å². The smallest absolute Gasteiger partial charge is 0.363 e. The summed E-state index contributed by atoms with van der Waals surface area (Å²) in [6.07, 6.45) is 1.68. The Bertz CT molecular complexity index is 1510. The van der Waals surface area contributed by atoms with Crippen LogP contribution in [0, 0.1) is 3.57 Å². The van der Waals surface area contributed by atoms with Crippen molar-refractivity contribution in [1.82, 2.24) is 0 Å². The molecule has 1 aliphatic rings. The molecule has 0 aromatic heterocycles. The molecule has 5 rings (SSSR count). The van der Waals surface area contributed by atoms with Crippen LogP contribution in [0.5, 0.6) is 11.5 Å². The van der Waals surface area contributed by atoms with Crippen LogP contribution >= 0.6 is 34.2 Å². The van der Waals surface area contributed by atoms with E-state index in [4.69, 9.17) is 25.8 Å². The highest BCUT2D eigenvalue weighted by Gasteiger charge is 2.24. The third kappa shape index (κ3) is 5.18. The number of carbonyl (C=O) groups excluding carboxylic acids is 1. The van der Waals surface area contributed by atoms with Gasteiger partial charge in [-0.1, -0.05) is 54.1 Å². The topological polar surface area (TPSA) is 57.1 Å². The van der Waals surface area contributed by atoms with Crippen molar-refractivity contribution in [2.24, 2.45) is 4.99 Å². The van der Waals surface area contributed by atoms with Crippen molar-refractivity contribution in [3.63, 3.8) is 0 Å². The highest BCUT2D eigenvalue weighted by Crippen LogP contribution is 2.36. The van der Waals surface area contributed by atoms with Crippen molar-refractivity contribution in [3.05, 3.63) is 110 Å². The maximum Gasteiger partial charge on any atom is 0.363 e. The van der Waals surface area contributed by atoms with Crippen LogP contribution in [-0.2, 0) is 16.1 Å². The van der Waals surface area contributed by atoms with Gasteiger partial charge in [-0.15, -0.1) is 0 Å². The minimum Gasteiger partial charge on any atom is -0.493 e. The predicted octanol–water partition coefficient (Wildman–Crippen LogP) is 7.03. The molecule has 0 saturated heterocycles. The minimum atomic E-state index is -0.497. The number of carbonyl (C=O) groups is 1. The molecule has 0 fully saturated rings. The maximum absolute atomic E-state index is 12.5. The summed E-state index contributed by atoms with van der Waals surface area (Å²) in [6.45, 7) is 0.346. The van der Waals surface area contributed by atoms with E-state index in [1.165, 1.54) is 0 Å². The molecule has 35 heavy (non-hydrogen) atoms. The van der Waals surface area contributed by atoms with Gasteiger partial charge in [-0.2, -0.15) is 0 Å². The van der Waals surface area contributed by atoms with Crippen LogP contribution in [0.25, 0.3) is 16.8 Å². The summed E-state index contributed by atoms with van der Waals surface area (Å²) in [5.41, 5.74) is 2.67. The van der Waals surface area contributed by atoms with E-state index < -0.39 is 5.97 Å². The lowest BCUT2D eigenvalue weighted by Gasteiger charge is -2.14. The van der Waals surface area contributed by atoms with E-state index in [1.807, 2.05) is 72.8 Å². The normalized spacial score (nSPS) is 14.2. The Labute approximate surface area is 221 Å². The van der Waals surface area contributed by atoms with Gasteiger partial charge in [-0.05, 0) is 87.0 Å². The monoisotopic (exact) mass is 595 g/mol. The van der Waals surface area contributed by atoms with Crippen LogP contribution < -0.4 is 9.47 Å². The van der Waals surface area contributed by atoms with E-state index in [9.17, 15) is 4.79 Å². The summed E-state index contributed by atoms with van der Waals surface area (Å²) < 4.78 is 17.9. The van der Waals surface area contributed by atoms with Gasteiger partial charge in [0.25, 0.3) is 0 Å². The average molecular weight is 596 g/mol. The molecule has 4 aromatic rings. The van der Waals surface area contributed by atoms with Crippen LogP contribution in [0.15, 0.2) is 89.6 Å². The largest absolute Gasteiger partial charge is 0.493 e. The SMILES string of the molecule is COc1cc(/C=C2\N=C(c3ccc4ccccc4c3)OC2=O)cc(I)c1OCc1cccc(Cl)c1. The first-order valence-corrected chi connectivity index (χ1v) is 12.2. The summed E-state index contributed by atoms with van der Waals surface area (Å²) in [7, 11) is 1.58. The number of fused-ring (bicyclic) bond motifs is 1. The van der Waals surface area contributed by atoms with Gasteiger partial charge in [0.1, 0.15) is 6.61 Å². The van der Waals surface area contributed by atoms with Crippen LogP contribution in [0.2, 0.25) is 5.02 Å². The lowest BCUT2D eigenvalue weighted by Crippen LogP contribution is -2.05. The van der Waals surface area contributed by atoms with E-state index in [0.717, 1.165) is 31.0 Å². The Balaban J connectivity index is 1.41. The van der Waals surface area contributed by atoms with Gasteiger partial charge in [0, 0.05) is 10.6 Å². The zero-order chi connectivity index (χ0) is 24.4. The van der Waals surface area contributed by atoms with Crippen LogP contribution in [0.4, 0.5) is 0 Å². The second-order valence-corrected chi connectivity index (χ2v) is 9.45. The Morgan fingerprint density at radius 1 is 1.00 bits per heavy atom. The number of aliphatic imine (C=N–C) groups is 1. The molecule has 0 bridgehead atoms. The number of benzene rings is 4. The molecule has 1 aliphatic heterocycles. The summed E-state index contributed by atoms with van der Waals surface area (Å²) >= 11 is 8.25. The van der Waals surface area contributed by atoms with Gasteiger partial charge < -0.3 is 14.2 Å². The first-order valence-electron chi connectivity index (χ1n) is 10.8. The number of nitrogens with zero attached hydrogens (tertiary/aromatic N) is 1. The molecular weight excluding hydrogens is 577 g/mol. The molecule has 0 unspecified atom stereocenters. The minimum absolute atomic E-state index is 0.221. The molecule has 0 saturated carbocycles. The van der Waals surface area contributed by atoms with E-state index in [2.05, 4.69) is 27.6 Å². The summed E-state index contributed by atoms with van der Waals surface area (Å²) in [5.74, 6) is 0.957. The molecule has 0 atom stereocenters. The number of ether oxygens (including phenoxy) is 3. The molecule has 0 N–H and O–H groups in total. The van der Waals surface area contributed by atoms with Crippen LogP contribution in [-0.4, -0.2) is 19.0 Å². The van der Waals surface area contributed by atoms with Crippen molar-refractivity contribution in [3.8, 4) is 11.5 Å². The molecule has 4 aromatic carbocycles. The molecule has 0 spiro atoms. The average Bonchev–Trinajstić information content (AvgIpc) is 3.22. The highest BCUT2D eigenvalue weighted by molar-refractivity contribution is 14.1. The number of rotatable bonds is 6. The highest BCUT2D eigenvalue weighted by atomic mass is 127. The second kappa shape index (κ2) is 10.1. The van der Waals surface area contributed by atoms with E-state index in [-0.39, 0.29) is 11.6 Å². The fourth-order valence-corrected chi connectivity index (χ4v) is 4.75. The Morgan fingerprint density at radius 3 is 2.63 bits per heavy atom. The lowest BCUT2D eigenvalue weighted by molar-refractivity contribution is -0.129. The van der Waals surface area contributed by atoms with Gasteiger partial charge in [-0.3, -0.25) is 0 Å². The number of halogens is 2. The third-order valence-electron chi connectivity index (χ3n) is 5.44. The summed E-state index contributed by atoms with van der Waals surface area (Å²) in [4.78, 5) is 17.0. The molecule has 0 radical (unpaired) electrons. The number of hydrogen-bond donors (Lipinski definition) is 0. The quantitative estimate of drug-likeness (QED) is 0.136. The number of hydrogen-bond acceptors (Lipinski definition) is 5. The molecule has 0 aliphatic carbocycles. The van der Waals surface area contributed by atoms with Gasteiger partial charge >= 0.3 is 5.97 Å². The van der Waals surface area contributed by atoms with Gasteiger partial charge in [0.15, 0.2) is 17.2 Å². The number of esters is 1. The first-order chi connectivity index (χ1) is 17.0. The maximum atomic E-state index is 12.5. The van der Waals surface area contributed by atoms with Crippen molar-refractivity contribution in [1.29, 1.82) is 0 Å². The van der Waals surface area contributed by atoms with E-state index in [1.54, 1.807) is 19.3 Å². The predicted molar refractivity (Wildman–Crippen MR) is 146 cm³/mol. The third-order valence-corrected chi connectivity index (χ3v) is 6.48. The van der Waals surface area contributed by atoms with Gasteiger partial charge in [0.05, 0.1) is 10.7 Å². The van der Waals surface area contributed by atoms with Crippen molar-refractivity contribution in [2.75, 3.05) is 7.11 Å². The van der Waals surface area contributed by atoms with E-state index >= 15 is 0 Å². The Hall–Kier alpha value is -3.36. The van der Waals surface area contributed by atoms with Crippen LogP contribution in [0.1, 0.15) is 16.7 Å². The zero-order valence-corrected chi connectivity index (χ0v) is 21.5. The Kier molecular flexibility index (Phi) is 6.74. The standard InChI is InChI=1S/C28H19ClINO4/c1-33-25-14-18(12-23(30)26(25)34-16-17-5-4-8-22(29)11-17)13-24-28(32)35-27(31-24)21-10-9-19-6-2-3-7-20(19)15-21/h2-15H,16H2,1H3/b24-13-. The molecule has 5 nitrogen and oxygen atoms in total. The van der Waals surface area contributed by atoms with Crippen LogP contribution in [0.3, 0.4) is 0 Å². The summed E-state index contributed by atoms with van der Waals surface area (Å²) in [6, 6.07) is 25.1. The van der Waals surface area contributed by atoms with E-state index in [0.29, 0.717) is 23.1 Å². The molecule has 7 heteroatoms. The van der Waals surface area contributed by atoms with Crippen molar-refractivity contribution in [2.45, 2.75) is 6.61 Å². The van der Waals surface area contributed by atoms with Gasteiger partial charge in [-0.25, -0.2) is 9.79 Å². The van der Waals surface area contributed by atoms with Crippen molar-refractivity contribution < 1.29 is 19.0 Å². The molecule has 0 amide bonds. The number of methoxy groups -OCH3 is 1. The summed E-state index contributed by atoms with van der Waals surface area (Å²) in [5, 5.41) is 2.81. The molecule has 1 heterocycles. The zero-order valence-electron chi connectivity index (χ0n) is 18.6.